The third-order valence-electron chi connectivity index (χ3n) is 5.68. The molecule has 1 saturated heterocycles. The Labute approximate surface area is 174 Å². The second-order valence-corrected chi connectivity index (χ2v) is 7.66. The molecule has 30 heavy (non-hydrogen) atoms. The summed E-state index contributed by atoms with van der Waals surface area (Å²) in [6, 6.07) is 5.75. The lowest BCUT2D eigenvalue weighted by Gasteiger charge is -2.36. The van der Waals surface area contributed by atoms with Crippen LogP contribution in [-0.2, 0) is 13.0 Å². The fraction of sp³-hybridized carbons (Fsp3) is 0.476. The van der Waals surface area contributed by atoms with Crippen LogP contribution in [0.15, 0.2) is 30.6 Å². The van der Waals surface area contributed by atoms with Crippen LogP contribution in [-0.4, -0.2) is 44.1 Å². The molecular formula is C21H28FN6O2+. The van der Waals surface area contributed by atoms with Crippen molar-refractivity contribution >= 4 is 17.3 Å². The van der Waals surface area contributed by atoms with Crippen molar-refractivity contribution in [1.82, 2.24) is 14.6 Å². The molecule has 1 fully saturated rings. The smallest absolute Gasteiger partial charge is 0.238 e. The second kappa shape index (κ2) is 8.83. The van der Waals surface area contributed by atoms with E-state index in [0.717, 1.165) is 41.9 Å². The molecule has 3 aromatic rings. The quantitative estimate of drug-likeness (QED) is 0.405. The molecule has 9 heteroatoms. The van der Waals surface area contributed by atoms with E-state index in [-0.39, 0.29) is 12.6 Å². The van der Waals surface area contributed by atoms with Gasteiger partial charge in [-0.15, -0.1) is 5.10 Å². The molecule has 4 heterocycles. The summed E-state index contributed by atoms with van der Waals surface area (Å²) in [4.78, 5) is 7.00. The number of hydrogen-bond acceptors (Lipinski definition) is 6. The summed E-state index contributed by atoms with van der Waals surface area (Å²) >= 11 is 0. The number of rotatable bonds is 7. The fourth-order valence-electron chi connectivity index (χ4n) is 4.16. The Morgan fingerprint density at radius 1 is 1.37 bits per heavy atom. The van der Waals surface area contributed by atoms with Gasteiger partial charge in [0, 0.05) is 48.2 Å². The minimum Gasteiger partial charge on any atom is -0.396 e. The monoisotopic (exact) mass is 415 g/mol. The summed E-state index contributed by atoms with van der Waals surface area (Å²) in [6.45, 7) is 3.31. The SMILES string of the molecule is CCc1c(F)nn2c(NCc3ccc[n+](O)c3)cc(N3CCCCC3CCO)nc12. The Balaban J connectivity index is 1.73. The predicted octanol–water partition coefficient (Wildman–Crippen LogP) is 2.31. The Morgan fingerprint density at radius 3 is 3.00 bits per heavy atom. The molecule has 0 radical (unpaired) electrons. The van der Waals surface area contributed by atoms with Crippen LogP contribution in [0.3, 0.4) is 0 Å². The van der Waals surface area contributed by atoms with Gasteiger partial charge in [0.1, 0.15) is 11.6 Å². The number of aliphatic hydroxyl groups is 1. The molecule has 0 aromatic carbocycles. The maximum atomic E-state index is 14.5. The first-order valence-electron chi connectivity index (χ1n) is 10.5. The van der Waals surface area contributed by atoms with Crippen molar-refractivity contribution < 1.29 is 19.4 Å². The number of piperidine rings is 1. The lowest BCUT2D eigenvalue weighted by atomic mass is 9.99. The van der Waals surface area contributed by atoms with Gasteiger partial charge in [0.2, 0.25) is 18.3 Å². The van der Waals surface area contributed by atoms with E-state index in [2.05, 4.69) is 15.3 Å². The van der Waals surface area contributed by atoms with Crippen LogP contribution >= 0.6 is 0 Å². The summed E-state index contributed by atoms with van der Waals surface area (Å²) < 4.78 is 17.0. The van der Waals surface area contributed by atoms with E-state index in [0.29, 0.717) is 36.4 Å². The van der Waals surface area contributed by atoms with E-state index in [4.69, 9.17) is 4.98 Å². The summed E-state index contributed by atoms with van der Waals surface area (Å²) in [7, 11) is 0. The van der Waals surface area contributed by atoms with Crippen molar-refractivity contribution in [3.8, 4) is 0 Å². The van der Waals surface area contributed by atoms with Gasteiger partial charge in [0.05, 0.1) is 5.56 Å². The van der Waals surface area contributed by atoms with Gasteiger partial charge in [-0.1, -0.05) is 6.92 Å². The summed E-state index contributed by atoms with van der Waals surface area (Å²) in [5.41, 5.74) is 1.86. The van der Waals surface area contributed by atoms with Crippen LogP contribution in [0.2, 0.25) is 0 Å². The van der Waals surface area contributed by atoms with Gasteiger partial charge in [0.25, 0.3) is 0 Å². The topological polar surface area (TPSA) is 89.8 Å². The number of aryl methyl sites for hydroxylation is 1. The molecule has 0 bridgehead atoms. The van der Waals surface area contributed by atoms with Crippen molar-refractivity contribution in [1.29, 1.82) is 0 Å². The highest BCUT2D eigenvalue weighted by Crippen LogP contribution is 2.29. The fourth-order valence-corrected chi connectivity index (χ4v) is 4.16. The van der Waals surface area contributed by atoms with Crippen LogP contribution in [0.5, 0.6) is 0 Å². The van der Waals surface area contributed by atoms with Gasteiger partial charge in [-0.05, 0) is 38.2 Å². The van der Waals surface area contributed by atoms with E-state index in [1.165, 1.54) is 4.52 Å². The molecule has 1 aliphatic rings. The van der Waals surface area contributed by atoms with Crippen molar-refractivity contribution in [2.24, 2.45) is 0 Å². The van der Waals surface area contributed by atoms with Crippen LogP contribution in [0.4, 0.5) is 16.0 Å². The summed E-state index contributed by atoms with van der Waals surface area (Å²) in [6.07, 6.45) is 7.52. The van der Waals surface area contributed by atoms with Crippen LogP contribution in [0.25, 0.3) is 5.65 Å². The molecule has 1 atom stereocenters. The summed E-state index contributed by atoms with van der Waals surface area (Å²) in [5.74, 6) is 0.891. The molecule has 0 aliphatic carbocycles. The largest absolute Gasteiger partial charge is 0.396 e. The van der Waals surface area contributed by atoms with E-state index in [1.807, 2.05) is 19.1 Å². The number of anilines is 2. The first-order chi connectivity index (χ1) is 14.6. The zero-order valence-corrected chi connectivity index (χ0v) is 17.1. The minimum atomic E-state index is -0.510. The highest BCUT2D eigenvalue weighted by molar-refractivity contribution is 5.61. The number of nitrogens with zero attached hydrogens (tertiary/aromatic N) is 5. The van der Waals surface area contributed by atoms with Gasteiger partial charge in [-0.3, -0.25) is 5.21 Å². The number of hydrogen-bond donors (Lipinski definition) is 3. The van der Waals surface area contributed by atoms with Gasteiger partial charge in [-0.2, -0.15) is 8.91 Å². The molecule has 0 amide bonds. The average Bonchev–Trinajstić information content (AvgIpc) is 3.07. The molecule has 4 rings (SSSR count). The Kier molecular flexibility index (Phi) is 5.98. The van der Waals surface area contributed by atoms with Gasteiger partial charge in [-0.25, -0.2) is 4.98 Å². The van der Waals surface area contributed by atoms with E-state index >= 15 is 0 Å². The van der Waals surface area contributed by atoms with Crippen molar-refractivity contribution in [2.45, 2.75) is 51.6 Å². The first-order valence-corrected chi connectivity index (χ1v) is 10.5. The van der Waals surface area contributed by atoms with Crippen molar-refractivity contribution in [3.63, 3.8) is 0 Å². The zero-order chi connectivity index (χ0) is 21.1. The summed E-state index contributed by atoms with van der Waals surface area (Å²) in [5, 5.41) is 26.5. The molecule has 160 valence electrons. The maximum absolute atomic E-state index is 14.5. The lowest BCUT2D eigenvalue weighted by molar-refractivity contribution is -0.905. The number of pyridine rings is 1. The Bertz CT molecular complexity index is 1020. The van der Waals surface area contributed by atoms with E-state index in [1.54, 1.807) is 18.5 Å². The van der Waals surface area contributed by atoms with Crippen LogP contribution in [0.1, 0.15) is 43.7 Å². The molecule has 1 aliphatic heterocycles. The average molecular weight is 415 g/mol. The molecule has 8 nitrogen and oxygen atoms in total. The predicted molar refractivity (Wildman–Crippen MR) is 110 cm³/mol. The molecule has 3 N–H and O–H groups in total. The molecule has 0 saturated carbocycles. The van der Waals surface area contributed by atoms with Gasteiger partial charge in [0.15, 0.2) is 5.65 Å². The number of nitrogens with one attached hydrogen (secondary N) is 1. The number of aromatic nitrogens is 4. The normalized spacial score (nSPS) is 16.9. The third kappa shape index (κ3) is 4.02. The highest BCUT2D eigenvalue weighted by Gasteiger charge is 2.25. The Morgan fingerprint density at radius 2 is 2.23 bits per heavy atom. The number of halogens is 1. The molecule has 3 aromatic heterocycles. The zero-order valence-electron chi connectivity index (χ0n) is 17.1. The molecular weight excluding hydrogens is 387 g/mol. The van der Waals surface area contributed by atoms with Gasteiger partial charge >= 0.3 is 0 Å². The third-order valence-corrected chi connectivity index (χ3v) is 5.68. The molecule has 0 spiro atoms. The number of aliphatic hydroxyl groups excluding tert-OH is 1. The highest BCUT2D eigenvalue weighted by atomic mass is 19.1. The van der Waals surface area contributed by atoms with Crippen molar-refractivity contribution in [2.75, 3.05) is 23.4 Å². The standard InChI is InChI=1S/C21H28FN6O2/c1-2-17-20(22)25-28-18(23-13-15-6-5-9-26(30)14-15)12-19(24-21(17)28)27-10-4-3-7-16(27)8-11-29/h5-6,9,12,14,16,23,29-30H,2-4,7-8,10-11,13H2,1H3/q+1. The van der Waals surface area contributed by atoms with Crippen LogP contribution < -0.4 is 14.9 Å². The van der Waals surface area contributed by atoms with E-state index < -0.39 is 5.95 Å². The second-order valence-electron chi connectivity index (χ2n) is 7.66. The lowest BCUT2D eigenvalue weighted by Crippen LogP contribution is -2.40. The number of fused-ring (bicyclic) bond motifs is 1. The van der Waals surface area contributed by atoms with Crippen LogP contribution in [0, 0.1) is 5.95 Å². The van der Waals surface area contributed by atoms with Crippen molar-refractivity contribution in [3.05, 3.63) is 47.7 Å². The Hall–Kier alpha value is -2.94. The first kappa shape index (κ1) is 20.3. The van der Waals surface area contributed by atoms with Gasteiger partial charge < -0.3 is 15.3 Å². The minimum absolute atomic E-state index is 0.130. The van der Waals surface area contributed by atoms with E-state index in [9.17, 15) is 14.7 Å². The maximum Gasteiger partial charge on any atom is 0.238 e. The molecule has 1 unspecified atom stereocenters.